The van der Waals surface area contributed by atoms with Crippen LogP contribution in [-0.2, 0) is 20.0 Å². The summed E-state index contributed by atoms with van der Waals surface area (Å²) in [6.45, 7) is 3.67. The molecule has 208 valence electrons. The molecule has 0 saturated carbocycles. The van der Waals surface area contributed by atoms with Crippen LogP contribution < -0.4 is 14.8 Å². The molecule has 4 aromatic carbocycles. The van der Waals surface area contributed by atoms with Gasteiger partial charge < -0.3 is 5.32 Å². The molecular formula is C27H22Cl3N3O5S2. The highest BCUT2D eigenvalue weighted by Crippen LogP contribution is 2.31. The minimum absolute atomic E-state index is 0.0272. The third-order valence-electron chi connectivity index (χ3n) is 5.73. The summed E-state index contributed by atoms with van der Waals surface area (Å²) >= 11 is 18.2. The van der Waals surface area contributed by atoms with Crippen molar-refractivity contribution in [2.24, 2.45) is 0 Å². The molecule has 0 aliphatic carbocycles. The molecule has 0 saturated heterocycles. The molecule has 0 heterocycles. The van der Waals surface area contributed by atoms with Gasteiger partial charge in [0.05, 0.1) is 31.3 Å². The monoisotopic (exact) mass is 637 g/mol. The fourth-order valence-electron chi connectivity index (χ4n) is 3.69. The number of halogens is 3. The highest BCUT2D eigenvalue weighted by molar-refractivity contribution is 7.93. The molecule has 0 fully saturated rings. The van der Waals surface area contributed by atoms with Crippen molar-refractivity contribution in [3.8, 4) is 0 Å². The number of sulfonamides is 2. The summed E-state index contributed by atoms with van der Waals surface area (Å²) in [7, 11) is -8.12. The number of amides is 1. The average molecular weight is 639 g/mol. The molecule has 0 atom stereocenters. The predicted molar refractivity (Wildman–Crippen MR) is 160 cm³/mol. The van der Waals surface area contributed by atoms with Gasteiger partial charge in [-0.1, -0.05) is 58.6 Å². The van der Waals surface area contributed by atoms with Gasteiger partial charge in [0.15, 0.2) is 0 Å². The van der Waals surface area contributed by atoms with Gasteiger partial charge in [-0.05, 0) is 80.1 Å². The van der Waals surface area contributed by atoms with Gasteiger partial charge in [-0.2, -0.15) is 0 Å². The molecule has 0 bridgehead atoms. The fourth-order valence-corrected chi connectivity index (χ4v) is 6.82. The third kappa shape index (κ3) is 6.71. The quantitative estimate of drug-likeness (QED) is 0.190. The van der Waals surface area contributed by atoms with Crippen molar-refractivity contribution in [1.82, 2.24) is 0 Å². The molecule has 40 heavy (non-hydrogen) atoms. The Morgan fingerprint density at radius 3 is 2.05 bits per heavy atom. The highest BCUT2D eigenvalue weighted by Gasteiger charge is 2.22. The first kappa shape index (κ1) is 29.7. The SMILES string of the molecule is Cc1ccc(NS(=O)(=O)c2cc(C(=O)Nc3ccc(S(=O)(=O)Nc4cccc(Cl)c4Cl)cc3)ccc2Cl)c(C)c1. The van der Waals surface area contributed by atoms with Gasteiger partial charge in [0, 0.05) is 11.3 Å². The van der Waals surface area contributed by atoms with E-state index >= 15 is 0 Å². The Morgan fingerprint density at radius 2 is 1.38 bits per heavy atom. The molecule has 8 nitrogen and oxygen atoms in total. The fraction of sp³-hybridized carbons (Fsp3) is 0.0741. The molecule has 1 amide bonds. The number of carbonyl (C=O) groups excluding carboxylic acids is 1. The van der Waals surface area contributed by atoms with E-state index in [-0.39, 0.29) is 41.8 Å². The van der Waals surface area contributed by atoms with Crippen LogP contribution in [0.3, 0.4) is 0 Å². The van der Waals surface area contributed by atoms with Gasteiger partial charge in [0.1, 0.15) is 4.90 Å². The minimum atomic E-state index is -4.12. The Bertz CT molecular complexity index is 1830. The highest BCUT2D eigenvalue weighted by atomic mass is 35.5. The lowest BCUT2D eigenvalue weighted by molar-refractivity contribution is 0.102. The van der Waals surface area contributed by atoms with Crippen LogP contribution in [0.1, 0.15) is 21.5 Å². The topological polar surface area (TPSA) is 121 Å². The van der Waals surface area contributed by atoms with Crippen LogP contribution in [0.2, 0.25) is 15.1 Å². The molecular weight excluding hydrogens is 617 g/mol. The van der Waals surface area contributed by atoms with E-state index in [1.54, 1.807) is 25.1 Å². The maximum atomic E-state index is 13.1. The summed E-state index contributed by atoms with van der Waals surface area (Å²) in [6.07, 6.45) is 0. The maximum Gasteiger partial charge on any atom is 0.263 e. The largest absolute Gasteiger partial charge is 0.322 e. The van der Waals surface area contributed by atoms with E-state index in [1.807, 2.05) is 13.0 Å². The second-order valence-electron chi connectivity index (χ2n) is 8.75. The predicted octanol–water partition coefficient (Wildman–Crippen LogP) is 7.12. The molecule has 0 spiro atoms. The van der Waals surface area contributed by atoms with Crippen molar-refractivity contribution in [3.63, 3.8) is 0 Å². The number of hydrogen-bond acceptors (Lipinski definition) is 5. The second-order valence-corrected chi connectivity index (χ2v) is 13.3. The van der Waals surface area contributed by atoms with Crippen LogP contribution in [-0.4, -0.2) is 22.7 Å². The Morgan fingerprint density at radius 1 is 0.700 bits per heavy atom. The molecule has 0 aliphatic heterocycles. The third-order valence-corrected chi connectivity index (χ3v) is 9.77. The number of nitrogens with one attached hydrogen (secondary N) is 3. The van der Waals surface area contributed by atoms with Gasteiger partial charge in [-0.15, -0.1) is 0 Å². The van der Waals surface area contributed by atoms with Crippen LogP contribution in [0.25, 0.3) is 0 Å². The zero-order chi connectivity index (χ0) is 29.2. The molecule has 4 rings (SSSR count). The lowest BCUT2D eigenvalue weighted by Gasteiger charge is -2.13. The number of carbonyl (C=O) groups is 1. The van der Waals surface area contributed by atoms with Crippen molar-refractivity contribution in [2.45, 2.75) is 23.6 Å². The van der Waals surface area contributed by atoms with Gasteiger partial charge in [-0.25, -0.2) is 16.8 Å². The van der Waals surface area contributed by atoms with Crippen molar-refractivity contribution in [2.75, 3.05) is 14.8 Å². The van der Waals surface area contributed by atoms with Crippen molar-refractivity contribution in [1.29, 1.82) is 0 Å². The lowest BCUT2D eigenvalue weighted by atomic mass is 10.1. The van der Waals surface area contributed by atoms with Gasteiger partial charge in [-0.3, -0.25) is 14.2 Å². The van der Waals surface area contributed by atoms with Crippen molar-refractivity contribution in [3.05, 3.63) is 111 Å². The van der Waals surface area contributed by atoms with Crippen LogP contribution in [0.4, 0.5) is 17.1 Å². The summed E-state index contributed by atoms with van der Waals surface area (Å²) in [6, 6.07) is 19.0. The van der Waals surface area contributed by atoms with E-state index in [0.29, 0.717) is 5.69 Å². The summed E-state index contributed by atoms with van der Waals surface area (Å²) < 4.78 is 56.6. The van der Waals surface area contributed by atoms with E-state index in [1.165, 1.54) is 54.6 Å². The number of rotatable bonds is 8. The van der Waals surface area contributed by atoms with Crippen LogP contribution >= 0.6 is 34.8 Å². The first-order valence-electron chi connectivity index (χ1n) is 11.5. The zero-order valence-electron chi connectivity index (χ0n) is 21.0. The average Bonchev–Trinajstić information content (AvgIpc) is 2.89. The van der Waals surface area contributed by atoms with E-state index in [4.69, 9.17) is 34.8 Å². The number of anilines is 3. The minimum Gasteiger partial charge on any atom is -0.322 e. The Hall–Kier alpha value is -3.28. The molecule has 0 aromatic heterocycles. The summed E-state index contributed by atoms with van der Waals surface area (Å²) in [5.41, 5.74) is 2.51. The number of aryl methyl sites for hydroxylation is 2. The molecule has 4 aromatic rings. The standard InChI is InChI=1S/C27H22Cl3N3O5S2/c1-16-6-13-23(17(2)14-16)32-40(37,38)25-15-18(7-12-21(25)28)27(34)31-19-8-10-20(11-9-19)39(35,36)33-24-5-3-4-22(29)26(24)30/h3-15,32-33H,1-2H3,(H,31,34). The van der Waals surface area contributed by atoms with Crippen LogP contribution in [0.15, 0.2) is 88.7 Å². The first-order valence-corrected chi connectivity index (χ1v) is 15.6. The van der Waals surface area contributed by atoms with E-state index < -0.39 is 26.0 Å². The summed E-state index contributed by atoms with van der Waals surface area (Å²) in [5, 5.41) is 2.81. The molecule has 0 unspecified atom stereocenters. The van der Waals surface area contributed by atoms with E-state index in [0.717, 1.165) is 11.1 Å². The van der Waals surface area contributed by atoms with Gasteiger partial charge >= 0.3 is 0 Å². The van der Waals surface area contributed by atoms with E-state index in [2.05, 4.69) is 14.8 Å². The number of hydrogen-bond donors (Lipinski definition) is 3. The van der Waals surface area contributed by atoms with Crippen molar-refractivity contribution < 1.29 is 21.6 Å². The molecule has 3 N–H and O–H groups in total. The Kier molecular flexibility index (Phi) is 8.67. The van der Waals surface area contributed by atoms with Crippen LogP contribution in [0.5, 0.6) is 0 Å². The normalized spacial score (nSPS) is 11.6. The van der Waals surface area contributed by atoms with E-state index in [9.17, 15) is 21.6 Å². The molecule has 13 heteroatoms. The van der Waals surface area contributed by atoms with Crippen LogP contribution in [0, 0.1) is 13.8 Å². The van der Waals surface area contributed by atoms with Crippen molar-refractivity contribution >= 4 is 77.8 Å². The Balaban J connectivity index is 1.51. The maximum absolute atomic E-state index is 13.1. The zero-order valence-corrected chi connectivity index (χ0v) is 24.9. The van der Waals surface area contributed by atoms with Gasteiger partial charge in [0.2, 0.25) is 0 Å². The molecule has 0 radical (unpaired) electrons. The smallest absolute Gasteiger partial charge is 0.263 e. The first-order chi connectivity index (χ1) is 18.8. The van der Waals surface area contributed by atoms with Gasteiger partial charge in [0.25, 0.3) is 26.0 Å². The second kappa shape index (κ2) is 11.7. The molecule has 0 aliphatic rings. The lowest BCUT2D eigenvalue weighted by Crippen LogP contribution is -2.17. The Labute approximate surface area is 247 Å². The summed E-state index contributed by atoms with van der Waals surface area (Å²) in [5.74, 6) is -0.626. The number of benzene rings is 4. The summed E-state index contributed by atoms with van der Waals surface area (Å²) in [4.78, 5) is 12.6.